The van der Waals surface area contributed by atoms with Crippen LogP contribution in [-0.2, 0) is 0 Å². The summed E-state index contributed by atoms with van der Waals surface area (Å²) in [5.74, 6) is -3.70. The fourth-order valence-electron chi connectivity index (χ4n) is 1.83. The molecule has 2 nitrogen and oxygen atoms in total. The minimum Gasteiger partial charge on any atom is -0.338 e. The minimum absolute atomic E-state index is 0.0111. The van der Waals surface area contributed by atoms with Gasteiger partial charge in [0.15, 0.2) is 11.6 Å². The third-order valence-electron chi connectivity index (χ3n) is 2.73. The van der Waals surface area contributed by atoms with Gasteiger partial charge in [0.05, 0.1) is 11.1 Å². The molecule has 0 amide bonds. The number of imidazole rings is 1. The van der Waals surface area contributed by atoms with Crippen molar-refractivity contribution in [3.63, 3.8) is 0 Å². The van der Waals surface area contributed by atoms with Crippen LogP contribution in [0.1, 0.15) is 0 Å². The summed E-state index contributed by atoms with van der Waals surface area (Å²) in [5.41, 5.74) is -0.00578. The minimum atomic E-state index is -1.11. The van der Waals surface area contributed by atoms with Gasteiger partial charge in [-0.3, -0.25) is 0 Å². The molecule has 96 valence electrons. The third kappa shape index (κ3) is 1.85. The van der Waals surface area contributed by atoms with Crippen molar-refractivity contribution in [1.82, 2.24) is 9.97 Å². The zero-order valence-corrected chi connectivity index (χ0v) is 9.35. The largest absolute Gasteiger partial charge is 0.338 e. The highest BCUT2D eigenvalue weighted by Gasteiger charge is 2.15. The summed E-state index contributed by atoms with van der Waals surface area (Å²) in [5, 5.41) is 0. The smallest absolute Gasteiger partial charge is 0.186 e. The maximum Gasteiger partial charge on any atom is 0.186 e. The van der Waals surface area contributed by atoms with Crippen molar-refractivity contribution in [2.45, 2.75) is 0 Å². The quantitative estimate of drug-likeness (QED) is 0.667. The molecule has 0 saturated carbocycles. The van der Waals surface area contributed by atoms with E-state index in [9.17, 15) is 17.6 Å². The highest BCUT2D eigenvalue weighted by Crippen LogP contribution is 2.25. The lowest BCUT2D eigenvalue weighted by atomic mass is 10.2. The van der Waals surface area contributed by atoms with Crippen molar-refractivity contribution in [2.75, 3.05) is 0 Å². The van der Waals surface area contributed by atoms with Crippen LogP contribution < -0.4 is 0 Å². The Balaban J connectivity index is 2.23. The SMILES string of the molecule is Fc1ccc(-c2nc3c(F)c(F)ccc3[nH]2)c(F)c1. The van der Waals surface area contributed by atoms with Gasteiger partial charge in [0.1, 0.15) is 23.0 Å². The standard InChI is InChI=1S/C13H6F4N2/c14-6-1-2-7(9(16)5-6)13-18-10-4-3-8(15)11(17)12(10)19-13/h1-5H,(H,18,19). The first-order chi connectivity index (χ1) is 9.06. The van der Waals surface area contributed by atoms with E-state index in [0.717, 1.165) is 12.1 Å². The van der Waals surface area contributed by atoms with Gasteiger partial charge in [-0.15, -0.1) is 0 Å². The Morgan fingerprint density at radius 2 is 1.68 bits per heavy atom. The van der Waals surface area contributed by atoms with Gasteiger partial charge >= 0.3 is 0 Å². The fourth-order valence-corrected chi connectivity index (χ4v) is 1.83. The number of rotatable bonds is 1. The van der Waals surface area contributed by atoms with Crippen LogP contribution >= 0.6 is 0 Å². The van der Waals surface area contributed by atoms with Gasteiger partial charge < -0.3 is 4.98 Å². The Morgan fingerprint density at radius 3 is 2.42 bits per heavy atom. The fraction of sp³-hybridized carbons (Fsp3) is 0. The molecule has 0 unspecified atom stereocenters. The summed E-state index contributed by atoms with van der Waals surface area (Å²) in [6.07, 6.45) is 0. The highest BCUT2D eigenvalue weighted by molar-refractivity contribution is 5.80. The van der Waals surface area contributed by atoms with Crippen LogP contribution in [0.3, 0.4) is 0 Å². The number of hydrogen-bond acceptors (Lipinski definition) is 1. The van der Waals surface area contributed by atoms with E-state index in [-0.39, 0.29) is 22.4 Å². The predicted octanol–water partition coefficient (Wildman–Crippen LogP) is 3.79. The maximum absolute atomic E-state index is 13.6. The van der Waals surface area contributed by atoms with Crippen LogP contribution in [0.4, 0.5) is 17.6 Å². The van der Waals surface area contributed by atoms with Crippen molar-refractivity contribution in [3.05, 3.63) is 53.6 Å². The average molecular weight is 266 g/mol. The van der Waals surface area contributed by atoms with E-state index in [2.05, 4.69) is 9.97 Å². The number of aromatic nitrogens is 2. The first kappa shape index (κ1) is 11.7. The molecular formula is C13H6F4N2. The summed E-state index contributed by atoms with van der Waals surface area (Å²) < 4.78 is 52.9. The van der Waals surface area contributed by atoms with Crippen molar-refractivity contribution < 1.29 is 17.6 Å². The summed E-state index contributed by atoms with van der Waals surface area (Å²) >= 11 is 0. The Bertz CT molecular complexity index is 780. The number of benzene rings is 2. The van der Waals surface area contributed by atoms with E-state index in [4.69, 9.17) is 0 Å². The molecule has 1 N–H and O–H groups in total. The van der Waals surface area contributed by atoms with Crippen LogP contribution in [0.2, 0.25) is 0 Å². The summed E-state index contributed by atoms with van der Waals surface area (Å²) in [6, 6.07) is 5.17. The highest BCUT2D eigenvalue weighted by atomic mass is 19.2. The lowest BCUT2D eigenvalue weighted by Crippen LogP contribution is -1.88. The van der Waals surface area contributed by atoms with Gasteiger partial charge in [0.2, 0.25) is 0 Å². The number of hydrogen-bond donors (Lipinski definition) is 1. The van der Waals surface area contributed by atoms with Crippen molar-refractivity contribution in [1.29, 1.82) is 0 Å². The summed E-state index contributed by atoms with van der Waals surface area (Å²) in [4.78, 5) is 6.46. The second kappa shape index (κ2) is 4.08. The second-order valence-electron chi connectivity index (χ2n) is 3.97. The van der Waals surface area contributed by atoms with Gasteiger partial charge in [-0.1, -0.05) is 0 Å². The molecule has 0 atom stereocenters. The Labute approximate surface area is 104 Å². The molecule has 3 rings (SSSR count). The topological polar surface area (TPSA) is 28.7 Å². The lowest BCUT2D eigenvalue weighted by molar-refractivity contribution is 0.515. The van der Waals surface area contributed by atoms with E-state index >= 15 is 0 Å². The Kier molecular flexibility index (Phi) is 2.51. The molecule has 0 saturated heterocycles. The van der Waals surface area contributed by atoms with Gasteiger partial charge in [-0.05, 0) is 24.3 Å². The summed E-state index contributed by atoms with van der Waals surface area (Å²) in [6.45, 7) is 0. The molecule has 3 aromatic rings. The van der Waals surface area contributed by atoms with E-state index in [0.29, 0.717) is 6.07 Å². The van der Waals surface area contributed by atoms with E-state index in [1.54, 1.807) is 0 Å². The molecule has 0 fully saturated rings. The molecular weight excluding hydrogens is 260 g/mol. The molecule has 6 heteroatoms. The second-order valence-corrected chi connectivity index (χ2v) is 3.97. The molecule has 0 aliphatic carbocycles. The molecule has 19 heavy (non-hydrogen) atoms. The number of H-pyrrole nitrogens is 1. The molecule has 0 aliphatic rings. The number of fused-ring (bicyclic) bond motifs is 1. The van der Waals surface area contributed by atoms with Crippen molar-refractivity contribution in [2.24, 2.45) is 0 Å². The Morgan fingerprint density at radius 1 is 0.895 bits per heavy atom. The van der Waals surface area contributed by atoms with Gasteiger partial charge in [-0.25, -0.2) is 22.5 Å². The number of nitrogens with one attached hydrogen (secondary N) is 1. The van der Waals surface area contributed by atoms with Gasteiger partial charge in [0, 0.05) is 6.07 Å². The van der Waals surface area contributed by atoms with Crippen LogP contribution in [0.25, 0.3) is 22.4 Å². The molecule has 1 aromatic heterocycles. The van der Waals surface area contributed by atoms with Crippen molar-refractivity contribution >= 4 is 11.0 Å². The van der Waals surface area contributed by atoms with Gasteiger partial charge in [-0.2, -0.15) is 0 Å². The average Bonchev–Trinajstić information content (AvgIpc) is 2.78. The van der Waals surface area contributed by atoms with Crippen LogP contribution in [0, 0.1) is 23.3 Å². The maximum atomic E-state index is 13.6. The van der Waals surface area contributed by atoms with E-state index in [1.165, 1.54) is 12.1 Å². The number of halogens is 4. The molecule has 0 radical (unpaired) electrons. The van der Waals surface area contributed by atoms with Crippen molar-refractivity contribution in [3.8, 4) is 11.4 Å². The summed E-state index contributed by atoms with van der Waals surface area (Å²) in [7, 11) is 0. The predicted molar refractivity (Wildman–Crippen MR) is 61.4 cm³/mol. The van der Waals surface area contributed by atoms with Crippen LogP contribution in [0.5, 0.6) is 0 Å². The van der Waals surface area contributed by atoms with Crippen LogP contribution in [-0.4, -0.2) is 9.97 Å². The first-order valence-corrected chi connectivity index (χ1v) is 5.35. The number of nitrogens with zero attached hydrogens (tertiary/aromatic N) is 1. The third-order valence-corrected chi connectivity index (χ3v) is 2.73. The van der Waals surface area contributed by atoms with E-state index in [1.807, 2.05) is 0 Å². The monoisotopic (exact) mass is 266 g/mol. The normalized spacial score (nSPS) is 11.2. The first-order valence-electron chi connectivity index (χ1n) is 5.35. The molecule has 2 aromatic carbocycles. The molecule has 1 heterocycles. The number of aromatic amines is 1. The van der Waals surface area contributed by atoms with E-state index < -0.39 is 23.3 Å². The Hall–Kier alpha value is -2.37. The van der Waals surface area contributed by atoms with Crippen LogP contribution in [0.15, 0.2) is 30.3 Å². The zero-order chi connectivity index (χ0) is 13.6. The molecule has 0 bridgehead atoms. The van der Waals surface area contributed by atoms with Gasteiger partial charge in [0.25, 0.3) is 0 Å². The lowest BCUT2D eigenvalue weighted by Gasteiger charge is -1.98. The molecule has 0 aliphatic heterocycles. The molecule has 0 spiro atoms. The zero-order valence-electron chi connectivity index (χ0n) is 9.35.